The zero-order chi connectivity index (χ0) is 27.8. The van der Waals surface area contributed by atoms with Crippen molar-refractivity contribution < 1.29 is 34.1 Å². The highest BCUT2D eigenvalue weighted by molar-refractivity contribution is 14.1. The number of nitrogens with one attached hydrogen (secondary N) is 1. The summed E-state index contributed by atoms with van der Waals surface area (Å²) in [6.45, 7) is 3.87. The van der Waals surface area contributed by atoms with Crippen molar-refractivity contribution in [3.8, 4) is 11.5 Å². The van der Waals surface area contributed by atoms with Gasteiger partial charge in [0.15, 0.2) is 11.5 Å². The van der Waals surface area contributed by atoms with E-state index in [1.165, 1.54) is 7.11 Å². The van der Waals surface area contributed by atoms with Crippen LogP contribution in [-0.2, 0) is 9.59 Å². The van der Waals surface area contributed by atoms with Gasteiger partial charge in [-0.2, -0.15) is 0 Å². The molecule has 2 aliphatic rings. The van der Waals surface area contributed by atoms with Crippen molar-refractivity contribution in [2.45, 2.75) is 83.1 Å². The number of carbonyl (C=O) groups is 3. The van der Waals surface area contributed by atoms with E-state index >= 15 is 0 Å². The molecule has 0 radical (unpaired) electrons. The maximum Gasteiger partial charge on any atom is 0.247 e. The predicted octanol–water partition coefficient (Wildman–Crippen LogP) is 3.24. The number of hydrogen-bond acceptors (Lipinski definition) is 7. The number of aliphatic hydroxyl groups is 2. The molecule has 0 spiro atoms. The van der Waals surface area contributed by atoms with Gasteiger partial charge in [0.2, 0.25) is 11.8 Å². The second-order valence-corrected chi connectivity index (χ2v) is 11.5. The average Bonchev–Trinajstić information content (AvgIpc) is 2.90. The fourth-order valence-electron chi connectivity index (χ4n) is 5.28. The minimum Gasteiger partial charge on any atom is -0.493 e. The van der Waals surface area contributed by atoms with Gasteiger partial charge in [0, 0.05) is 36.6 Å². The molecule has 0 aromatic heterocycles. The van der Waals surface area contributed by atoms with Gasteiger partial charge in [-0.05, 0) is 59.6 Å². The van der Waals surface area contributed by atoms with E-state index in [1.807, 2.05) is 41.3 Å². The van der Waals surface area contributed by atoms with Crippen LogP contribution in [0.15, 0.2) is 23.8 Å². The number of aliphatic hydroxyl groups excluding tert-OH is 2. The first-order valence-electron chi connectivity index (χ1n) is 13.3. The van der Waals surface area contributed by atoms with E-state index in [1.54, 1.807) is 18.2 Å². The van der Waals surface area contributed by atoms with Gasteiger partial charge in [-0.3, -0.25) is 14.4 Å². The topological polar surface area (TPSA) is 125 Å². The summed E-state index contributed by atoms with van der Waals surface area (Å²) in [5, 5.41) is 23.6. The van der Waals surface area contributed by atoms with E-state index in [9.17, 15) is 24.6 Å². The summed E-state index contributed by atoms with van der Waals surface area (Å²) in [7, 11) is 1.46. The van der Waals surface area contributed by atoms with Gasteiger partial charge in [0.25, 0.3) is 0 Å². The molecule has 3 N–H and O–H groups in total. The molecule has 1 aromatic carbocycles. The molecule has 10 heteroatoms. The van der Waals surface area contributed by atoms with Crippen molar-refractivity contribution in [3.63, 3.8) is 0 Å². The van der Waals surface area contributed by atoms with Crippen LogP contribution in [0.1, 0.15) is 69.2 Å². The summed E-state index contributed by atoms with van der Waals surface area (Å²) in [6.07, 6.45) is 5.62. The van der Waals surface area contributed by atoms with Crippen molar-refractivity contribution in [3.05, 3.63) is 32.9 Å². The number of hydrogen-bond donors (Lipinski definition) is 3. The lowest BCUT2D eigenvalue weighted by molar-refractivity contribution is -0.144. The quantitative estimate of drug-likeness (QED) is 0.250. The molecule has 0 saturated heterocycles. The Morgan fingerprint density at radius 1 is 1.24 bits per heavy atom. The highest BCUT2D eigenvalue weighted by Crippen LogP contribution is 2.38. The number of methoxy groups -OCH3 is 1. The standard InChI is InChI=1S/C28H39IN2O7/c1-17(2)11-25(34)31(20-7-5-4-6-8-20)22-14-19(28(36)30-9-10-32)15-23(26(22)35)38-27-21(29)12-18(16-33)13-24(27)37-3/h12-13,15-17,20,22-23,26,32,35H,4-11,14H2,1-3H3,(H,30,36)/t22-,23+,26+/m1/s1. The number of aldehydes is 1. The molecule has 210 valence electrons. The second kappa shape index (κ2) is 14.3. The maximum atomic E-state index is 13.6. The smallest absolute Gasteiger partial charge is 0.247 e. The molecule has 1 fully saturated rings. The minimum absolute atomic E-state index is 0.0169. The summed E-state index contributed by atoms with van der Waals surface area (Å²) in [5.74, 6) is 0.406. The average molecular weight is 643 g/mol. The van der Waals surface area contributed by atoms with Gasteiger partial charge < -0.3 is 29.9 Å². The normalized spacial score (nSPS) is 22.0. The van der Waals surface area contributed by atoms with Gasteiger partial charge in [-0.25, -0.2) is 0 Å². The zero-order valence-corrected chi connectivity index (χ0v) is 24.5. The first-order chi connectivity index (χ1) is 18.2. The first-order valence-corrected chi connectivity index (χ1v) is 14.4. The molecule has 9 nitrogen and oxygen atoms in total. The zero-order valence-electron chi connectivity index (χ0n) is 22.3. The lowest BCUT2D eigenvalue weighted by Gasteiger charge is -2.45. The number of benzene rings is 1. The fourth-order valence-corrected chi connectivity index (χ4v) is 6.03. The highest BCUT2D eigenvalue weighted by atomic mass is 127. The molecule has 38 heavy (non-hydrogen) atoms. The molecule has 2 aliphatic carbocycles. The Balaban J connectivity index is 2.03. The third-order valence-corrected chi connectivity index (χ3v) is 7.85. The fraction of sp³-hybridized carbons (Fsp3) is 0.607. The van der Waals surface area contributed by atoms with Crippen LogP contribution in [0.3, 0.4) is 0 Å². The summed E-state index contributed by atoms with van der Waals surface area (Å²) < 4.78 is 12.4. The number of halogens is 1. The van der Waals surface area contributed by atoms with Crippen molar-refractivity contribution in [2.24, 2.45) is 5.92 Å². The Bertz CT molecular complexity index is 1020. The summed E-state index contributed by atoms with van der Waals surface area (Å²) in [5.41, 5.74) is 0.804. The summed E-state index contributed by atoms with van der Waals surface area (Å²) in [6, 6.07) is 2.52. The van der Waals surface area contributed by atoms with Crippen LogP contribution < -0.4 is 14.8 Å². The van der Waals surface area contributed by atoms with Crippen molar-refractivity contribution in [1.82, 2.24) is 10.2 Å². The molecule has 3 rings (SSSR count). The van der Waals surface area contributed by atoms with Crippen LogP contribution in [0.5, 0.6) is 11.5 Å². The lowest BCUT2D eigenvalue weighted by Crippen LogP contribution is -2.58. The Labute approximate surface area is 238 Å². The first kappa shape index (κ1) is 30.4. The number of carbonyl (C=O) groups excluding carboxylic acids is 3. The third-order valence-electron chi connectivity index (χ3n) is 7.05. The largest absolute Gasteiger partial charge is 0.493 e. The van der Waals surface area contributed by atoms with E-state index in [0.29, 0.717) is 38.9 Å². The molecule has 1 aromatic rings. The Morgan fingerprint density at radius 2 is 1.95 bits per heavy atom. The maximum absolute atomic E-state index is 13.6. The molecule has 3 atom stereocenters. The molecule has 0 unspecified atom stereocenters. The van der Waals surface area contributed by atoms with Gasteiger partial charge in [-0.15, -0.1) is 0 Å². The van der Waals surface area contributed by atoms with E-state index in [4.69, 9.17) is 9.47 Å². The highest BCUT2D eigenvalue weighted by Gasteiger charge is 2.43. The van der Waals surface area contributed by atoms with Crippen LogP contribution in [-0.4, -0.2) is 77.8 Å². The van der Waals surface area contributed by atoms with Crippen molar-refractivity contribution in [2.75, 3.05) is 20.3 Å². The van der Waals surface area contributed by atoms with Gasteiger partial charge in [0.1, 0.15) is 18.5 Å². The van der Waals surface area contributed by atoms with Gasteiger partial charge in [0.05, 0.1) is 23.3 Å². The number of amides is 2. The monoisotopic (exact) mass is 642 g/mol. The molecule has 0 aliphatic heterocycles. The van der Waals surface area contributed by atoms with E-state index < -0.39 is 18.2 Å². The van der Waals surface area contributed by atoms with E-state index in [0.717, 1.165) is 32.1 Å². The predicted molar refractivity (Wildman–Crippen MR) is 151 cm³/mol. The van der Waals surface area contributed by atoms with Gasteiger partial charge >= 0.3 is 0 Å². The van der Waals surface area contributed by atoms with Crippen molar-refractivity contribution in [1.29, 1.82) is 0 Å². The Morgan fingerprint density at radius 3 is 2.55 bits per heavy atom. The lowest BCUT2D eigenvalue weighted by atomic mass is 9.84. The van der Waals surface area contributed by atoms with Gasteiger partial charge in [-0.1, -0.05) is 33.1 Å². The summed E-state index contributed by atoms with van der Waals surface area (Å²) >= 11 is 2.04. The van der Waals surface area contributed by atoms with Crippen LogP contribution in [0, 0.1) is 9.49 Å². The second-order valence-electron chi connectivity index (χ2n) is 10.4. The number of rotatable bonds is 11. The van der Waals surface area contributed by atoms with E-state index in [2.05, 4.69) is 5.32 Å². The molecule has 1 saturated carbocycles. The van der Waals surface area contributed by atoms with E-state index in [-0.39, 0.29) is 43.3 Å². The Kier molecular flexibility index (Phi) is 11.4. The SMILES string of the molecule is COc1cc(C=O)cc(I)c1O[C@H]1C=C(C(=O)NCCO)C[C@@H](N(C(=O)CC(C)C)C2CCCCC2)[C@@H]1O. The molecule has 2 amide bonds. The van der Waals surface area contributed by atoms with Crippen LogP contribution >= 0.6 is 22.6 Å². The Hall–Kier alpha value is -2.18. The number of nitrogens with zero attached hydrogens (tertiary/aromatic N) is 1. The van der Waals surface area contributed by atoms with Crippen LogP contribution in [0.4, 0.5) is 0 Å². The molecule has 0 heterocycles. The van der Waals surface area contributed by atoms with Crippen LogP contribution in [0.2, 0.25) is 0 Å². The minimum atomic E-state index is -1.10. The summed E-state index contributed by atoms with van der Waals surface area (Å²) in [4.78, 5) is 39.8. The van der Waals surface area contributed by atoms with Crippen LogP contribution in [0.25, 0.3) is 0 Å². The molecule has 0 bridgehead atoms. The number of ether oxygens (including phenoxy) is 2. The molecular weight excluding hydrogens is 603 g/mol. The third kappa shape index (κ3) is 7.47. The molecular formula is C28H39IN2O7. The van der Waals surface area contributed by atoms with Crippen molar-refractivity contribution >= 4 is 40.7 Å².